The molecule has 1 aromatic carbocycles. The van der Waals surface area contributed by atoms with Gasteiger partial charge in [0.2, 0.25) is 0 Å². The Labute approximate surface area is 108 Å². The molecule has 1 fully saturated rings. The van der Waals surface area contributed by atoms with Crippen LogP contribution >= 0.6 is 15.9 Å². The van der Waals surface area contributed by atoms with Crippen LogP contribution in [0.2, 0.25) is 0 Å². The van der Waals surface area contributed by atoms with Crippen molar-refractivity contribution in [3.63, 3.8) is 0 Å². The molecule has 0 unspecified atom stereocenters. The number of likely N-dealkylation sites (tertiary alicyclic amines) is 1. The lowest BCUT2D eigenvalue weighted by atomic mass is 10.1. The number of benzene rings is 1. The van der Waals surface area contributed by atoms with Gasteiger partial charge in [0.1, 0.15) is 11.9 Å². The Bertz CT molecular complexity index is 396. The van der Waals surface area contributed by atoms with Gasteiger partial charge in [0.05, 0.1) is 6.54 Å². The van der Waals surface area contributed by atoms with Gasteiger partial charge in [-0.3, -0.25) is 0 Å². The smallest absolute Gasteiger partial charge is 0.410 e. The highest BCUT2D eigenvalue weighted by molar-refractivity contribution is 9.10. The van der Waals surface area contributed by atoms with Gasteiger partial charge in [-0.1, -0.05) is 15.9 Å². The number of piperidine rings is 1. The molecule has 92 valence electrons. The van der Waals surface area contributed by atoms with Crippen LogP contribution in [0.1, 0.15) is 12.8 Å². The zero-order valence-corrected chi connectivity index (χ0v) is 10.8. The Hall–Kier alpha value is -1.10. The molecule has 5 heteroatoms. The van der Waals surface area contributed by atoms with Gasteiger partial charge in [-0.2, -0.15) is 0 Å². The summed E-state index contributed by atoms with van der Waals surface area (Å²) >= 11 is 3.30. The summed E-state index contributed by atoms with van der Waals surface area (Å²) in [4.78, 5) is 13.1. The lowest BCUT2D eigenvalue weighted by molar-refractivity contribution is 0.112. The number of alkyl halides is 1. The molecule has 0 bridgehead atoms. The van der Waals surface area contributed by atoms with Crippen molar-refractivity contribution in [3.8, 4) is 5.75 Å². The Kier molecular flexibility index (Phi) is 3.99. The average Bonchev–Trinajstić information content (AvgIpc) is 2.32. The molecule has 1 aliphatic heterocycles. The van der Waals surface area contributed by atoms with Crippen molar-refractivity contribution in [2.45, 2.75) is 19.0 Å². The van der Waals surface area contributed by atoms with Gasteiger partial charge in [-0.15, -0.1) is 0 Å². The van der Waals surface area contributed by atoms with Crippen molar-refractivity contribution in [1.29, 1.82) is 0 Å². The first-order valence-electron chi connectivity index (χ1n) is 5.51. The van der Waals surface area contributed by atoms with E-state index >= 15 is 0 Å². The summed E-state index contributed by atoms with van der Waals surface area (Å²) in [5, 5.41) is 0. The van der Waals surface area contributed by atoms with Crippen molar-refractivity contribution in [2.75, 3.05) is 13.1 Å². The lowest BCUT2D eigenvalue weighted by Crippen LogP contribution is -2.42. The number of carbonyl (C=O) groups is 1. The highest BCUT2D eigenvalue weighted by Crippen LogP contribution is 2.18. The number of rotatable bonds is 1. The maximum Gasteiger partial charge on any atom is 0.415 e. The topological polar surface area (TPSA) is 29.5 Å². The van der Waals surface area contributed by atoms with Crippen LogP contribution in [0.15, 0.2) is 28.7 Å². The molecular weight excluding hydrogens is 289 g/mol. The summed E-state index contributed by atoms with van der Waals surface area (Å²) in [6.45, 7) is 0.700. The Balaban J connectivity index is 1.94. The molecule has 0 aromatic heterocycles. The number of ether oxygens (including phenoxy) is 1. The van der Waals surface area contributed by atoms with E-state index < -0.39 is 12.3 Å². The van der Waals surface area contributed by atoms with E-state index in [2.05, 4.69) is 15.9 Å². The minimum atomic E-state index is -0.929. The standard InChI is InChI=1S/C12H13BrFNO2/c13-9-3-5-11(6-4-9)17-12(16)15-7-1-2-10(14)8-15/h3-6,10H,1-2,7-8H2/t10-/m0/s1. The lowest BCUT2D eigenvalue weighted by Gasteiger charge is -2.27. The van der Waals surface area contributed by atoms with E-state index in [1.807, 2.05) is 0 Å². The van der Waals surface area contributed by atoms with Crippen molar-refractivity contribution < 1.29 is 13.9 Å². The van der Waals surface area contributed by atoms with E-state index in [0.29, 0.717) is 25.1 Å². The van der Waals surface area contributed by atoms with E-state index in [0.717, 1.165) is 4.47 Å². The molecule has 1 aliphatic rings. The fourth-order valence-corrected chi connectivity index (χ4v) is 2.02. The second kappa shape index (κ2) is 5.49. The first-order chi connectivity index (χ1) is 8.15. The number of amides is 1. The van der Waals surface area contributed by atoms with E-state index in [1.54, 1.807) is 24.3 Å². The van der Waals surface area contributed by atoms with Gasteiger partial charge in [0.25, 0.3) is 0 Å². The monoisotopic (exact) mass is 301 g/mol. The van der Waals surface area contributed by atoms with Crippen molar-refractivity contribution >= 4 is 22.0 Å². The zero-order chi connectivity index (χ0) is 12.3. The molecule has 3 nitrogen and oxygen atoms in total. The summed E-state index contributed by atoms with van der Waals surface area (Å²) < 4.78 is 19.2. The largest absolute Gasteiger partial charge is 0.415 e. The summed E-state index contributed by atoms with van der Waals surface area (Å²) in [5.74, 6) is 0.471. The van der Waals surface area contributed by atoms with Gasteiger partial charge in [0, 0.05) is 11.0 Å². The molecule has 1 amide bonds. The van der Waals surface area contributed by atoms with Crippen LogP contribution < -0.4 is 4.74 Å². The molecule has 0 radical (unpaired) electrons. The van der Waals surface area contributed by atoms with Gasteiger partial charge in [0.15, 0.2) is 0 Å². The van der Waals surface area contributed by atoms with Crippen LogP contribution in [-0.4, -0.2) is 30.3 Å². The van der Waals surface area contributed by atoms with Crippen molar-refractivity contribution in [3.05, 3.63) is 28.7 Å². The summed E-state index contributed by atoms with van der Waals surface area (Å²) in [6, 6.07) is 6.96. The quantitative estimate of drug-likeness (QED) is 0.796. The molecule has 2 rings (SSSR count). The zero-order valence-electron chi connectivity index (χ0n) is 9.23. The predicted molar refractivity (Wildman–Crippen MR) is 65.9 cm³/mol. The minimum absolute atomic E-state index is 0.134. The molecular formula is C12H13BrFNO2. The molecule has 0 N–H and O–H groups in total. The van der Waals surface area contributed by atoms with Gasteiger partial charge in [-0.25, -0.2) is 9.18 Å². The third kappa shape index (κ3) is 3.43. The maximum absolute atomic E-state index is 13.1. The first-order valence-corrected chi connectivity index (χ1v) is 6.31. The number of carbonyl (C=O) groups excluding carboxylic acids is 1. The molecule has 0 aliphatic carbocycles. The van der Waals surface area contributed by atoms with Crippen LogP contribution in [0.3, 0.4) is 0 Å². The minimum Gasteiger partial charge on any atom is -0.410 e. The van der Waals surface area contributed by atoms with Crippen LogP contribution in [0.25, 0.3) is 0 Å². The van der Waals surface area contributed by atoms with Crippen LogP contribution in [0, 0.1) is 0 Å². The van der Waals surface area contributed by atoms with Crippen LogP contribution in [0.4, 0.5) is 9.18 Å². The van der Waals surface area contributed by atoms with E-state index in [9.17, 15) is 9.18 Å². The third-order valence-corrected chi connectivity index (χ3v) is 3.17. The number of hydrogen-bond donors (Lipinski definition) is 0. The molecule has 1 atom stereocenters. The highest BCUT2D eigenvalue weighted by atomic mass is 79.9. The second-order valence-electron chi connectivity index (χ2n) is 4.01. The van der Waals surface area contributed by atoms with E-state index in [1.165, 1.54) is 4.90 Å². The maximum atomic E-state index is 13.1. The molecule has 17 heavy (non-hydrogen) atoms. The van der Waals surface area contributed by atoms with Gasteiger partial charge in [-0.05, 0) is 37.1 Å². The number of hydrogen-bond acceptors (Lipinski definition) is 2. The highest BCUT2D eigenvalue weighted by Gasteiger charge is 2.24. The molecule has 1 saturated heterocycles. The third-order valence-electron chi connectivity index (χ3n) is 2.64. The Morgan fingerprint density at radius 1 is 1.41 bits per heavy atom. The fourth-order valence-electron chi connectivity index (χ4n) is 1.76. The Morgan fingerprint density at radius 3 is 2.76 bits per heavy atom. The van der Waals surface area contributed by atoms with Crippen molar-refractivity contribution in [2.24, 2.45) is 0 Å². The number of halogens is 2. The van der Waals surface area contributed by atoms with E-state index in [-0.39, 0.29) is 6.54 Å². The van der Waals surface area contributed by atoms with Crippen LogP contribution in [0.5, 0.6) is 5.75 Å². The Morgan fingerprint density at radius 2 is 2.12 bits per heavy atom. The normalized spacial score (nSPS) is 20.1. The fraction of sp³-hybridized carbons (Fsp3) is 0.417. The van der Waals surface area contributed by atoms with Crippen LogP contribution in [-0.2, 0) is 0 Å². The van der Waals surface area contributed by atoms with Crippen molar-refractivity contribution in [1.82, 2.24) is 4.90 Å². The van der Waals surface area contributed by atoms with Gasteiger partial charge < -0.3 is 9.64 Å². The average molecular weight is 302 g/mol. The molecule has 0 spiro atoms. The number of nitrogens with zero attached hydrogens (tertiary/aromatic N) is 1. The predicted octanol–water partition coefficient (Wildman–Crippen LogP) is 3.38. The van der Waals surface area contributed by atoms with Gasteiger partial charge >= 0.3 is 6.09 Å². The molecule has 1 aromatic rings. The SMILES string of the molecule is O=C(Oc1ccc(Br)cc1)N1CCC[C@H](F)C1. The first kappa shape index (κ1) is 12.4. The second-order valence-corrected chi connectivity index (χ2v) is 4.92. The molecule has 0 saturated carbocycles. The summed E-state index contributed by atoms with van der Waals surface area (Å²) in [7, 11) is 0. The summed E-state index contributed by atoms with van der Waals surface area (Å²) in [5.41, 5.74) is 0. The molecule has 1 heterocycles. The summed E-state index contributed by atoms with van der Waals surface area (Å²) in [6.07, 6.45) is -0.186. The van der Waals surface area contributed by atoms with E-state index in [4.69, 9.17) is 4.74 Å².